The molecule has 144 valence electrons. The van der Waals surface area contributed by atoms with Crippen molar-refractivity contribution in [3.8, 4) is 0 Å². The van der Waals surface area contributed by atoms with Gasteiger partial charge in [0.15, 0.2) is 6.29 Å². The molecule has 1 heterocycles. The van der Waals surface area contributed by atoms with E-state index in [-0.39, 0.29) is 0 Å². The smallest absolute Gasteiger partial charge is 0.291 e. The van der Waals surface area contributed by atoms with E-state index in [0.717, 1.165) is 12.8 Å². The molecule has 1 fully saturated rings. The zero-order valence-corrected chi connectivity index (χ0v) is 16.6. The summed E-state index contributed by atoms with van der Waals surface area (Å²) in [6, 6.07) is 10.1. The van der Waals surface area contributed by atoms with Crippen LogP contribution in [0, 0.1) is 5.41 Å². The summed E-state index contributed by atoms with van der Waals surface area (Å²) in [6.45, 7) is 6.32. The van der Waals surface area contributed by atoms with Crippen LogP contribution in [0.1, 0.15) is 39.2 Å². The quantitative estimate of drug-likeness (QED) is 0.406. The highest BCUT2D eigenvalue weighted by Crippen LogP contribution is 2.30. The van der Waals surface area contributed by atoms with Crippen LogP contribution >= 0.6 is 11.8 Å². The first-order chi connectivity index (χ1) is 12.4. The molecule has 2 rings (SSSR count). The van der Waals surface area contributed by atoms with E-state index in [0.29, 0.717) is 25.3 Å². The lowest BCUT2D eigenvalue weighted by Crippen LogP contribution is -2.48. The maximum atomic E-state index is 12.6. The second-order valence-electron chi connectivity index (χ2n) is 7.18. The molecule has 1 aromatic rings. The standard InChI is InChI=1S/C20H29NO4S/c1-4-20(2,3)16(22)17(23)21-12-14-26-18(21)19(24)25-13-8-11-15-9-6-5-7-10-15/h5-7,9-10,18-19,24H,4,8,11-14H2,1-3H3/t18-,19?/m1/s1. The maximum Gasteiger partial charge on any atom is 0.291 e. The predicted octanol–water partition coefficient (Wildman–Crippen LogP) is 2.86. The molecule has 0 bridgehead atoms. The van der Waals surface area contributed by atoms with Crippen LogP contribution in [0.3, 0.4) is 0 Å². The van der Waals surface area contributed by atoms with Crippen LogP contribution in [0.5, 0.6) is 0 Å². The molecule has 1 aromatic carbocycles. The first-order valence-corrected chi connectivity index (χ1v) is 10.2. The Morgan fingerprint density at radius 1 is 1.35 bits per heavy atom. The Hall–Kier alpha value is -1.37. The van der Waals surface area contributed by atoms with Gasteiger partial charge in [-0.3, -0.25) is 9.59 Å². The zero-order chi connectivity index (χ0) is 19.2. The van der Waals surface area contributed by atoms with Crippen molar-refractivity contribution in [3.05, 3.63) is 35.9 Å². The molecule has 1 N–H and O–H groups in total. The molecule has 1 amide bonds. The monoisotopic (exact) mass is 379 g/mol. The van der Waals surface area contributed by atoms with Crippen LogP contribution in [0.4, 0.5) is 0 Å². The summed E-state index contributed by atoms with van der Waals surface area (Å²) in [5, 5.41) is 9.84. The number of rotatable bonds is 9. The molecule has 1 saturated heterocycles. The van der Waals surface area contributed by atoms with Crippen LogP contribution in [0.2, 0.25) is 0 Å². The van der Waals surface area contributed by atoms with Gasteiger partial charge in [-0.25, -0.2) is 0 Å². The van der Waals surface area contributed by atoms with Gasteiger partial charge in [-0.05, 0) is 24.8 Å². The highest BCUT2D eigenvalue weighted by atomic mass is 32.2. The second-order valence-corrected chi connectivity index (χ2v) is 8.40. The highest BCUT2D eigenvalue weighted by molar-refractivity contribution is 8.00. The number of aryl methyl sites for hydroxylation is 1. The maximum absolute atomic E-state index is 12.6. The van der Waals surface area contributed by atoms with Crippen LogP contribution < -0.4 is 0 Å². The molecule has 5 nitrogen and oxygen atoms in total. The van der Waals surface area contributed by atoms with Crippen LogP contribution in [-0.2, 0) is 20.7 Å². The number of carbonyl (C=O) groups is 2. The van der Waals surface area contributed by atoms with E-state index in [1.54, 1.807) is 13.8 Å². The van der Waals surface area contributed by atoms with Crippen LogP contribution in [0.15, 0.2) is 30.3 Å². The highest BCUT2D eigenvalue weighted by Gasteiger charge is 2.41. The van der Waals surface area contributed by atoms with E-state index >= 15 is 0 Å². The average molecular weight is 380 g/mol. The Labute approximate surface area is 160 Å². The summed E-state index contributed by atoms with van der Waals surface area (Å²) in [5.41, 5.74) is 0.543. The van der Waals surface area contributed by atoms with E-state index in [2.05, 4.69) is 12.1 Å². The Morgan fingerprint density at radius 3 is 2.69 bits per heavy atom. The summed E-state index contributed by atoms with van der Waals surface area (Å²) in [6.07, 6.45) is 1.17. The third-order valence-electron chi connectivity index (χ3n) is 4.87. The van der Waals surface area contributed by atoms with Crippen molar-refractivity contribution >= 4 is 23.5 Å². The molecule has 0 spiro atoms. The molecule has 1 aliphatic rings. The van der Waals surface area contributed by atoms with Gasteiger partial charge in [0.05, 0.1) is 6.61 Å². The van der Waals surface area contributed by atoms with E-state index in [1.807, 2.05) is 25.1 Å². The number of aliphatic hydroxyl groups excluding tert-OH is 1. The molecule has 1 aliphatic heterocycles. The molecular formula is C20H29NO4S. The lowest BCUT2D eigenvalue weighted by atomic mass is 9.84. The lowest BCUT2D eigenvalue weighted by molar-refractivity contribution is -0.157. The number of amides is 1. The topological polar surface area (TPSA) is 66.8 Å². The molecule has 26 heavy (non-hydrogen) atoms. The summed E-state index contributed by atoms with van der Waals surface area (Å²) in [7, 11) is 0. The number of hydrogen-bond donors (Lipinski definition) is 1. The third-order valence-corrected chi connectivity index (χ3v) is 6.11. The van der Waals surface area contributed by atoms with E-state index in [1.165, 1.54) is 22.2 Å². The number of ether oxygens (including phenoxy) is 1. The van der Waals surface area contributed by atoms with Crippen molar-refractivity contribution < 1.29 is 19.4 Å². The van der Waals surface area contributed by atoms with Gasteiger partial charge in [-0.1, -0.05) is 51.1 Å². The van der Waals surface area contributed by atoms with Gasteiger partial charge in [0.1, 0.15) is 5.37 Å². The van der Waals surface area contributed by atoms with Crippen molar-refractivity contribution in [1.82, 2.24) is 4.90 Å². The average Bonchev–Trinajstić information content (AvgIpc) is 3.14. The van der Waals surface area contributed by atoms with Crippen molar-refractivity contribution in [2.24, 2.45) is 5.41 Å². The van der Waals surface area contributed by atoms with Gasteiger partial charge in [-0.15, -0.1) is 11.8 Å². The predicted molar refractivity (Wildman–Crippen MR) is 104 cm³/mol. The van der Waals surface area contributed by atoms with Gasteiger partial charge in [-0.2, -0.15) is 0 Å². The first kappa shape index (κ1) is 20.9. The summed E-state index contributed by atoms with van der Waals surface area (Å²) < 4.78 is 5.55. The van der Waals surface area contributed by atoms with Gasteiger partial charge in [0.25, 0.3) is 5.91 Å². The van der Waals surface area contributed by atoms with E-state index in [4.69, 9.17) is 4.74 Å². The van der Waals surface area contributed by atoms with Crippen molar-refractivity contribution in [2.45, 2.75) is 51.7 Å². The van der Waals surface area contributed by atoms with E-state index < -0.39 is 28.8 Å². The minimum absolute atomic E-state index is 0.399. The Kier molecular flexibility index (Phi) is 7.68. The largest absolute Gasteiger partial charge is 0.366 e. The molecule has 6 heteroatoms. The van der Waals surface area contributed by atoms with Gasteiger partial charge < -0.3 is 14.7 Å². The number of aliphatic hydroxyl groups is 1. The first-order valence-electron chi connectivity index (χ1n) is 9.17. The van der Waals surface area contributed by atoms with Crippen molar-refractivity contribution in [2.75, 3.05) is 18.9 Å². The van der Waals surface area contributed by atoms with Crippen LogP contribution in [-0.4, -0.2) is 52.3 Å². The number of carbonyl (C=O) groups excluding carboxylic acids is 2. The minimum Gasteiger partial charge on any atom is -0.366 e. The molecule has 2 atom stereocenters. The Balaban J connectivity index is 1.84. The number of thioether (sulfide) groups is 1. The normalized spacial score (nSPS) is 18.8. The third kappa shape index (κ3) is 5.32. The molecule has 0 aromatic heterocycles. The Morgan fingerprint density at radius 2 is 2.04 bits per heavy atom. The summed E-state index contributed by atoms with van der Waals surface area (Å²) in [4.78, 5) is 26.5. The van der Waals surface area contributed by atoms with Gasteiger partial charge >= 0.3 is 0 Å². The molecular weight excluding hydrogens is 350 g/mol. The fourth-order valence-corrected chi connectivity index (χ4v) is 3.90. The van der Waals surface area contributed by atoms with Crippen molar-refractivity contribution in [1.29, 1.82) is 0 Å². The fraction of sp³-hybridized carbons (Fsp3) is 0.600. The Bertz CT molecular complexity index is 605. The summed E-state index contributed by atoms with van der Waals surface area (Å²) >= 11 is 1.45. The molecule has 0 saturated carbocycles. The number of hydrogen-bond acceptors (Lipinski definition) is 5. The molecule has 1 unspecified atom stereocenters. The number of ketones is 1. The summed E-state index contributed by atoms with van der Waals surface area (Å²) in [5.74, 6) is -0.219. The number of Topliss-reactive ketones (excluding diaryl/α,β-unsaturated/α-hetero) is 1. The minimum atomic E-state index is -1.08. The number of nitrogens with zero attached hydrogens (tertiary/aromatic N) is 1. The SMILES string of the molecule is CCC(C)(C)C(=O)C(=O)N1CCS[C@@H]1C(O)OCCCc1ccccc1. The number of benzene rings is 1. The fourth-order valence-electron chi connectivity index (χ4n) is 2.73. The van der Waals surface area contributed by atoms with Crippen LogP contribution in [0.25, 0.3) is 0 Å². The van der Waals surface area contributed by atoms with Gasteiger partial charge in [0.2, 0.25) is 5.78 Å². The van der Waals surface area contributed by atoms with E-state index in [9.17, 15) is 14.7 Å². The van der Waals surface area contributed by atoms with Gasteiger partial charge in [0, 0.05) is 17.7 Å². The second kappa shape index (κ2) is 9.53. The lowest BCUT2D eigenvalue weighted by Gasteiger charge is -2.30. The molecule has 0 aliphatic carbocycles. The molecule has 0 radical (unpaired) electrons. The zero-order valence-electron chi connectivity index (χ0n) is 15.8. The van der Waals surface area contributed by atoms with Crippen molar-refractivity contribution in [3.63, 3.8) is 0 Å².